The number of benzene rings is 3. The highest BCUT2D eigenvalue weighted by atomic mass is 16.6. The summed E-state index contributed by atoms with van der Waals surface area (Å²) in [6.07, 6.45) is -0.789. The Kier molecular flexibility index (Phi) is 7.11. The number of hydrogen-bond donors (Lipinski definition) is 0. The van der Waals surface area contributed by atoms with Crippen LogP contribution in [0, 0.1) is 0 Å². The third-order valence-electron chi connectivity index (χ3n) is 6.46. The highest BCUT2D eigenvalue weighted by Crippen LogP contribution is 2.52. The zero-order chi connectivity index (χ0) is 25.9. The molecule has 36 heavy (non-hydrogen) atoms. The van der Waals surface area contributed by atoms with E-state index in [1.165, 1.54) is 22.3 Å². The molecule has 0 saturated carbocycles. The maximum atomic E-state index is 12.0. The molecule has 3 aromatic rings. The van der Waals surface area contributed by atoms with Gasteiger partial charge in [-0.2, -0.15) is 0 Å². The van der Waals surface area contributed by atoms with E-state index in [0.717, 1.165) is 5.56 Å². The van der Waals surface area contributed by atoms with E-state index in [9.17, 15) is 9.59 Å². The molecule has 0 amide bonds. The van der Waals surface area contributed by atoms with Crippen molar-refractivity contribution in [2.45, 2.75) is 32.3 Å². The van der Waals surface area contributed by atoms with Crippen LogP contribution < -0.4 is 4.74 Å². The molecule has 0 spiro atoms. The van der Waals surface area contributed by atoms with Crippen LogP contribution in [-0.2, 0) is 24.5 Å². The third kappa shape index (κ3) is 4.82. The van der Waals surface area contributed by atoms with Crippen LogP contribution in [0.25, 0.3) is 11.1 Å². The minimum absolute atomic E-state index is 0.0186. The van der Waals surface area contributed by atoms with Crippen LogP contribution >= 0.6 is 0 Å². The summed E-state index contributed by atoms with van der Waals surface area (Å²) in [6, 6.07) is 24.9. The molecule has 0 aliphatic heterocycles. The second kappa shape index (κ2) is 10.2. The number of ether oxygens (including phenoxy) is 3. The summed E-state index contributed by atoms with van der Waals surface area (Å²) in [5.74, 6) is -0.512. The first-order valence-corrected chi connectivity index (χ1v) is 11.8. The second-order valence-electron chi connectivity index (χ2n) is 9.24. The molecule has 5 nitrogen and oxygen atoms in total. The molecular formula is C31H30O5. The van der Waals surface area contributed by atoms with Gasteiger partial charge in [0.2, 0.25) is 0 Å². The molecule has 1 unspecified atom stereocenters. The van der Waals surface area contributed by atoms with Crippen LogP contribution in [0.4, 0.5) is 0 Å². The lowest BCUT2D eigenvalue weighted by atomic mass is 9.74. The van der Waals surface area contributed by atoms with Crippen molar-refractivity contribution in [2.24, 2.45) is 0 Å². The molecule has 3 aromatic carbocycles. The Bertz CT molecular complexity index is 1270. The molecule has 1 aliphatic carbocycles. The van der Waals surface area contributed by atoms with Crippen LogP contribution in [0.15, 0.2) is 97.1 Å². The average Bonchev–Trinajstić information content (AvgIpc) is 3.15. The normalized spacial score (nSPS) is 13.6. The molecule has 184 valence electrons. The molecule has 0 saturated heterocycles. The fourth-order valence-corrected chi connectivity index (χ4v) is 4.50. The maximum Gasteiger partial charge on any atom is 0.333 e. The minimum atomic E-state index is -0.789. The minimum Gasteiger partial charge on any atom is -0.490 e. The van der Waals surface area contributed by atoms with E-state index in [1.54, 1.807) is 13.8 Å². The van der Waals surface area contributed by atoms with Crippen LogP contribution in [0.1, 0.15) is 37.5 Å². The number of hydrogen-bond acceptors (Lipinski definition) is 5. The molecule has 1 atom stereocenters. The van der Waals surface area contributed by atoms with Gasteiger partial charge in [-0.15, -0.1) is 0 Å². The predicted molar refractivity (Wildman–Crippen MR) is 140 cm³/mol. The van der Waals surface area contributed by atoms with Gasteiger partial charge in [0.05, 0.1) is 0 Å². The number of fused-ring (bicyclic) bond motifs is 3. The summed E-state index contributed by atoms with van der Waals surface area (Å²) in [6.45, 7) is 12.4. The summed E-state index contributed by atoms with van der Waals surface area (Å²) < 4.78 is 16.5. The van der Waals surface area contributed by atoms with Gasteiger partial charge in [0.25, 0.3) is 0 Å². The fourth-order valence-electron chi connectivity index (χ4n) is 4.50. The zero-order valence-corrected chi connectivity index (χ0v) is 20.9. The Morgan fingerprint density at radius 3 is 1.83 bits per heavy atom. The lowest BCUT2D eigenvalue weighted by Crippen LogP contribution is -2.31. The first-order valence-electron chi connectivity index (χ1n) is 11.8. The maximum absolute atomic E-state index is 12.0. The van der Waals surface area contributed by atoms with Gasteiger partial charge in [0, 0.05) is 16.6 Å². The van der Waals surface area contributed by atoms with Gasteiger partial charge in [-0.1, -0.05) is 73.8 Å². The average molecular weight is 483 g/mol. The van der Waals surface area contributed by atoms with Crippen molar-refractivity contribution in [3.8, 4) is 16.9 Å². The lowest BCUT2D eigenvalue weighted by Gasteiger charge is -2.28. The quantitative estimate of drug-likeness (QED) is 0.276. The van der Waals surface area contributed by atoms with Gasteiger partial charge in [-0.3, -0.25) is 0 Å². The van der Waals surface area contributed by atoms with Crippen molar-refractivity contribution in [2.75, 3.05) is 13.2 Å². The van der Waals surface area contributed by atoms with Crippen molar-refractivity contribution in [3.63, 3.8) is 0 Å². The van der Waals surface area contributed by atoms with Gasteiger partial charge in [-0.05, 0) is 60.7 Å². The fraction of sp³-hybridized carbons (Fsp3) is 0.226. The van der Waals surface area contributed by atoms with Crippen LogP contribution in [0.3, 0.4) is 0 Å². The third-order valence-corrected chi connectivity index (χ3v) is 6.46. The molecule has 5 heteroatoms. The Morgan fingerprint density at radius 1 is 0.778 bits per heavy atom. The summed E-state index contributed by atoms with van der Waals surface area (Å²) in [4.78, 5) is 23.8. The second-order valence-corrected chi connectivity index (χ2v) is 9.24. The van der Waals surface area contributed by atoms with Crippen molar-refractivity contribution in [3.05, 3.63) is 114 Å². The first-order chi connectivity index (χ1) is 17.2. The summed E-state index contributed by atoms with van der Waals surface area (Å²) >= 11 is 0. The van der Waals surface area contributed by atoms with E-state index < -0.39 is 18.0 Å². The zero-order valence-electron chi connectivity index (χ0n) is 20.9. The Hall–Kier alpha value is -4.12. The van der Waals surface area contributed by atoms with Crippen molar-refractivity contribution < 1.29 is 23.8 Å². The molecule has 0 radical (unpaired) electrons. The van der Waals surface area contributed by atoms with Gasteiger partial charge >= 0.3 is 11.9 Å². The number of carbonyl (C=O) groups is 2. The van der Waals surface area contributed by atoms with E-state index in [-0.39, 0.29) is 29.8 Å². The van der Waals surface area contributed by atoms with Gasteiger partial charge < -0.3 is 14.2 Å². The molecule has 0 N–H and O–H groups in total. The van der Waals surface area contributed by atoms with Crippen LogP contribution in [0.2, 0.25) is 0 Å². The summed E-state index contributed by atoms with van der Waals surface area (Å²) in [7, 11) is 0. The molecular weight excluding hydrogens is 452 g/mol. The Balaban J connectivity index is 1.52. The summed E-state index contributed by atoms with van der Waals surface area (Å²) in [5, 5.41) is 0. The van der Waals surface area contributed by atoms with Gasteiger partial charge in [-0.25, -0.2) is 9.59 Å². The highest BCUT2D eigenvalue weighted by molar-refractivity contribution is 5.88. The van der Waals surface area contributed by atoms with E-state index in [2.05, 4.69) is 80.7 Å². The van der Waals surface area contributed by atoms with Crippen LogP contribution in [0.5, 0.6) is 5.75 Å². The van der Waals surface area contributed by atoms with Gasteiger partial charge in [0.1, 0.15) is 19.0 Å². The predicted octanol–water partition coefficient (Wildman–Crippen LogP) is 6.01. The Labute approximate surface area is 212 Å². The molecule has 0 heterocycles. The van der Waals surface area contributed by atoms with Crippen LogP contribution in [-0.4, -0.2) is 31.3 Å². The smallest absolute Gasteiger partial charge is 0.333 e. The summed E-state index contributed by atoms with van der Waals surface area (Å²) in [5.41, 5.74) is 6.41. The SMILES string of the molecule is C=C(C)C(=O)OCC(COc1ccc(C2(C)c3ccccc3-c3ccccc32)cc1)OC(=O)C(=C)C. The molecule has 4 rings (SSSR count). The van der Waals surface area contributed by atoms with Crippen molar-refractivity contribution in [1.82, 2.24) is 0 Å². The van der Waals surface area contributed by atoms with E-state index >= 15 is 0 Å². The first kappa shape index (κ1) is 25.0. The Morgan fingerprint density at radius 2 is 1.31 bits per heavy atom. The van der Waals surface area contributed by atoms with E-state index in [4.69, 9.17) is 14.2 Å². The molecule has 0 fully saturated rings. The lowest BCUT2D eigenvalue weighted by molar-refractivity contribution is -0.155. The largest absolute Gasteiger partial charge is 0.490 e. The topological polar surface area (TPSA) is 61.8 Å². The monoisotopic (exact) mass is 482 g/mol. The van der Waals surface area contributed by atoms with Crippen molar-refractivity contribution in [1.29, 1.82) is 0 Å². The van der Waals surface area contributed by atoms with Gasteiger partial charge in [0.15, 0.2) is 6.10 Å². The number of carbonyl (C=O) groups excluding carboxylic acids is 2. The molecule has 1 aliphatic rings. The standard InChI is InChI=1S/C31H30O5/c1-20(2)29(32)35-19-24(36-30(33)21(3)4)18-34-23-16-14-22(15-17-23)31(5)27-12-8-6-10-25(27)26-11-7-9-13-28(26)31/h6-17,24H,1,3,18-19H2,2,4-5H3. The van der Waals surface area contributed by atoms with Crippen molar-refractivity contribution >= 4 is 11.9 Å². The molecule has 0 aromatic heterocycles. The molecule has 0 bridgehead atoms. The number of rotatable bonds is 9. The number of esters is 2. The van der Waals surface area contributed by atoms with E-state index in [1.807, 2.05) is 12.1 Å². The van der Waals surface area contributed by atoms with E-state index in [0.29, 0.717) is 5.75 Å². The highest BCUT2D eigenvalue weighted by Gasteiger charge is 2.40.